The highest BCUT2D eigenvalue weighted by molar-refractivity contribution is 7.89. The summed E-state index contributed by atoms with van der Waals surface area (Å²) in [6, 6.07) is 24.4. The first-order valence-electron chi connectivity index (χ1n) is 12.4. The van der Waals surface area contributed by atoms with Gasteiger partial charge in [0.2, 0.25) is 10.0 Å². The Morgan fingerprint density at radius 1 is 0.972 bits per heavy atom. The lowest BCUT2D eigenvalue weighted by Crippen LogP contribution is -2.36. The maximum Gasteiger partial charge on any atom is 0.242 e. The van der Waals surface area contributed by atoms with Crippen LogP contribution in [0, 0.1) is 12.7 Å². The van der Waals surface area contributed by atoms with Crippen LogP contribution in [0.25, 0.3) is 0 Å². The summed E-state index contributed by atoms with van der Waals surface area (Å²) in [6.07, 6.45) is 3.08. The van der Waals surface area contributed by atoms with E-state index in [1.54, 1.807) is 44.3 Å². The van der Waals surface area contributed by atoms with E-state index in [0.29, 0.717) is 22.9 Å². The lowest BCUT2D eigenvalue weighted by molar-refractivity contribution is 0.203. The van der Waals surface area contributed by atoms with E-state index in [9.17, 15) is 12.8 Å². The van der Waals surface area contributed by atoms with Gasteiger partial charge >= 0.3 is 0 Å². The van der Waals surface area contributed by atoms with Crippen LogP contribution in [0.2, 0.25) is 0 Å². The van der Waals surface area contributed by atoms with E-state index in [-0.39, 0.29) is 24.1 Å². The van der Waals surface area contributed by atoms with Gasteiger partial charge in [0.1, 0.15) is 5.82 Å². The van der Waals surface area contributed by atoms with Gasteiger partial charge in [-0.05, 0) is 92.5 Å². The molecule has 4 nitrogen and oxygen atoms in total. The summed E-state index contributed by atoms with van der Waals surface area (Å²) < 4.78 is 41.7. The molecule has 36 heavy (non-hydrogen) atoms. The number of likely N-dealkylation sites (tertiary alicyclic amines) is 1. The van der Waals surface area contributed by atoms with E-state index < -0.39 is 10.0 Å². The van der Waals surface area contributed by atoms with Gasteiger partial charge in [-0.2, -0.15) is 0 Å². The second-order valence-electron chi connectivity index (χ2n) is 9.62. The summed E-state index contributed by atoms with van der Waals surface area (Å²) in [7, 11) is -1.96. The Balaban J connectivity index is 0.00000361. The molecule has 1 atom stereocenters. The third-order valence-electron chi connectivity index (χ3n) is 7.23. The Morgan fingerprint density at radius 3 is 2.19 bits per heavy atom. The van der Waals surface area contributed by atoms with Gasteiger partial charge in [-0.25, -0.2) is 17.1 Å². The highest BCUT2D eigenvalue weighted by Crippen LogP contribution is 2.30. The molecular formula is C29H36ClFN2O2S. The van der Waals surface area contributed by atoms with Crippen molar-refractivity contribution in [2.75, 3.05) is 33.2 Å². The van der Waals surface area contributed by atoms with E-state index in [4.69, 9.17) is 0 Å². The second-order valence-corrected chi connectivity index (χ2v) is 11.7. The lowest BCUT2D eigenvalue weighted by atomic mass is 9.89. The fourth-order valence-electron chi connectivity index (χ4n) is 5.02. The molecule has 7 heteroatoms. The van der Waals surface area contributed by atoms with Gasteiger partial charge in [-0.1, -0.05) is 60.7 Å². The van der Waals surface area contributed by atoms with Crippen LogP contribution in [0.15, 0.2) is 83.8 Å². The van der Waals surface area contributed by atoms with Crippen LogP contribution in [0.3, 0.4) is 0 Å². The van der Waals surface area contributed by atoms with Crippen molar-refractivity contribution in [2.24, 2.45) is 0 Å². The maximum absolute atomic E-state index is 14.0. The molecule has 0 aliphatic carbocycles. The van der Waals surface area contributed by atoms with Crippen molar-refractivity contribution in [1.29, 1.82) is 0 Å². The van der Waals surface area contributed by atoms with E-state index >= 15 is 0 Å². The molecule has 3 aromatic rings. The maximum atomic E-state index is 14.0. The summed E-state index contributed by atoms with van der Waals surface area (Å²) in [5.74, 6) is 0.343. The number of halogens is 2. The zero-order valence-corrected chi connectivity index (χ0v) is 22.6. The van der Waals surface area contributed by atoms with Gasteiger partial charge in [0.05, 0.1) is 4.90 Å². The molecule has 0 saturated carbocycles. The molecule has 0 spiro atoms. The van der Waals surface area contributed by atoms with Crippen LogP contribution in [0.4, 0.5) is 4.39 Å². The number of rotatable bonds is 9. The predicted octanol–water partition coefficient (Wildman–Crippen LogP) is 6.23. The molecule has 0 bridgehead atoms. The van der Waals surface area contributed by atoms with Crippen molar-refractivity contribution in [3.05, 3.63) is 101 Å². The molecule has 1 saturated heterocycles. The van der Waals surface area contributed by atoms with Gasteiger partial charge in [0.25, 0.3) is 0 Å². The highest BCUT2D eigenvalue weighted by atomic mass is 35.5. The molecule has 1 heterocycles. The van der Waals surface area contributed by atoms with Crippen molar-refractivity contribution in [2.45, 2.75) is 42.9 Å². The Bertz CT molecular complexity index is 1200. The molecule has 1 aliphatic heterocycles. The summed E-state index contributed by atoms with van der Waals surface area (Å²) in [4.78, 5) is 2.77. The van der Waals surface area contributed by atoms with Crippen LogP contribution in [0.1, 0.15) is 47.8 Å². The fraction of sp³-hybridized carbons (Fsp3) is 0.379. The number of hydrogen-bond acceptors (Lipinski definition) is 3. The largest absolute Gasteiger partial charge is 0.303 e. The molecule has 1 aliphatic rings. The molecule has 4 rings (SSSR count). The third kappa shape index (κ3) is 6.94. The quantitative estimate of drug-likeness (QED) is 0.329. The molecular weight excluding hydrogens is 495 g/mol. The highest BCUT2D eigenvalue weighted by Gasteiger charge is 2.26. The summed E-state index contributed by atoms with van der Waals surface area (Å²) in [5, 5.41) is 0. The first-order chi connectivity index (χ1) is 16.8. The summed E-state index contributed by atoms with van der Waals surface area (Å²) >= 11 is 0. The number of likely N-dealkylation sites (N-methyl/N-ethyl adjacent to an activating group) is 1. The van der Waals surface area contributed by atoms with Crippen molar-refractivity contribution < 1.29 is 12.8 Å². The Hall–Kier alpha value is -2.25. The average molecular weight is 531 g/mol. The topological polar surface area (TPSA) is 40.6 Å². The molecule has 1 fully saturated rings. The molecule has 0 amide bonds. The van der Waals surface area contributed by atoms with Crippen molar-refractivity contribution in [3.63, 3.8) is 0 Å². The Morgan fingerprint density at radius 2 is 1.58 bits per heavy atom. The molecule has 0 aromatic heterocycles. The van der Waals surface area contributed by atoms with E-state index in [0.717, 1.165) is 44.5 Å². The van der Waals surface area contributed by atoms with Crippen LogP contribution < -0.4 is 0 Å². The summed E-state index contributed by atoms with van der Waals surface area (Å²) in [5.41, 5.74) is 2.99. The smallest absolute Gasteiger partial charge is 0.242 e. The third-order valence-corrected chi connectivity index (χ3v) is 9.07. The van der Waals surface area contributed by atoms with Crippen LogP contribution in [0.5, 0.6) is 0 Å². The van der Waals surface area contributed by atoms with Gasteiger partial charge in [0, 0.05) is 13.6 Å². The van der Waals surface area contributed by atoms with Crippen molar-refractivity contribution in [1.82, 2.24) is 9.21 Å². The van der Waals surface area contributed by atoms with Crippen molar-refractivity contribution >= 4 is 22.4 Å². The molecule has 3 aromatic carbocycles. The normalized spacial score (nSPS) is 16.0. The zero-order valence-electron chi connectivity index (χ0n) is 21.0. The number of sulfonamides is 1. The SMILES string of the molecule is Cc1cc([C@@H](CCN2CCC(c3ccccc3)CC2)CN(C)S(=O)(=O)c2ccccc2)ccc1F.Cl. The molecule has 194 valence electrons. The van der Waals surface area contributed by atoms with Gasteiger partial charge in [-0.15, -0.1) is 12.4 Å². The summed E-state index contributed by atoms with van der Waals surface area (Å²) in [6.45, 7) is 5.07. The minimum absolute atomic E-state index is 0. The first-order valence-corrected chi connectivity index (χ1v) is 13.8. The second kappa shape index (κ2) is 12.8. The Labute approximate surface area is 221 Å². The zero-order chi connectivity index (χ0) is 24.8. The van der Waals surface area contributed by atoms with Gasteiger partial charge in [0.15, 0.2) is 0 Å². The number of hydrogen-bond donors (Lipinski definition) is 0. The van der Waals surface area contributed by atoms with E-state index in [2.05, 4.69) is 35.2 Å². The molecule has 0 unspecified atom stereocenters. The van der Waals surface area contributed by atoms with Crippen molar-refractivity contribution in [3.8, 4) is 0 Å². The minimum atomic E-state index is -3.60. The van der Waals surface area contributed by atoms with Crippen LogP contribution in [-0.2, 0) is 10.0 Å². The van der Waals surface area contributed by atoms with Crippen LogP contribution >= 0.6 is 12.4 Å². The van der Waals surface area contributed by atoms with Crippen LogP contribution in [-0.4, -0.2) is 50.8 Å². The fourth-order valence-corrected chi connectivity index (χ4v) is 6.26. The molecule has 0 radical (unpaired) electrons. The van der Waals surface area contributed by atoms with E-state index in [1.165, 1.54) is 15.9 Å². The number of aryl methyl sites for hydroxylation is 1. The number of piperidine rings is 1. The number of benzene rings is 3. The van der Waals surface area contributed by atoms with E-state index in [1.807, 2.05) is 12.1 Å². The van der Waals surface area contributed by atoms with Gasteiger partial charge < -0.3 is 4.90 Å². The predicted molar refractivity (Wildman–Crippen MR) is 147 cm³/mol. The van der Waals surface area contributed by atoms with Gasteiger partial charge in [-0.3, -0.25) is 0 Å². The molecule has 0 N–H and O–H groups in total. The monoisotopic (exact) mass is 530 g/mol. The number of nitrogens with zero attached hydrogens (tertiary/aromatic N) is 2. The average Bonchev–Trinajstić information content (AvgIpc) is 2.89. The first kappa shape index (κ1) is 28.3. The standard InChI is InChI=1S/C29H35FN2O2S.ClH/c1-23-21-26(13-14-29(23)30)27(22-31(2)35(33,34)28-11-7-4-8-12-28)17-20-32-18-15-25(16-19-32)24-9-5-3-6-10-24;/h3-14,21,25,27H,15-20,22H2,1-2H3;1H/t27-;/m0./s1. The lowest BCUT2D eigenvalue weighted by Gasteiger charge is -2.33. The Kier molecular flexibility index (Phi) is 10.1. The minimum Gasteiger partial charge on any atom is -0.303 e.